The molecule has 158 valence electrons. The van der Waals surface area contributed by atoms with Gasteiger partial charge in [-0.2, -0.15) is 0 Å². The number of rotatable bonds is 10. The summed E-state index contributed by atoms with van der Waals surface area (Å²) in [4.78, 5) is 17.9. The fourth-order valence-electron chi connectivity index (χ4n) is 4.60. The summed E-state index contributed by atoms with van der Waals surface area (Å²) < 4.78 is 2.44. The summed E-state index contributed by atoms with van der Waals surface area (Å²) in [5.41, 5.74) is 5.38. The molecule has 4 rings (SSSR count). The molecule has 0 bridgehead atoms. The zero-order chi connectivity index (χ0) is 20.8. The number of hydrogen-bond acceptors (Lipinski definition) is 3. The van der Waals surface area contributed by atoms with E-state index in [0.717, 1.165) is 70.4 Å². The molecule has 0 aliphatic carbocycles. The summed E-state index contributed by atoms with van der Waals surface area (Å²) in [6.45, 7) is 4.11. The van der Waals surface area contributed by atoms with Crippen LogP contribution in [0.25, 0.3) is 11.0 Å². The zero-order valence-electron chi connectivity index (χ0n) is 17.6. The van der Waals surface area contributed by atoms with Crippen molar-refractivity contribution in [1.29, 1.82) is 0 Å². The molecular formula is C25H31N3O2. The van der Waals surface area contributed by atoms with Gasteiger partial charge in [0.15, 0.2) is 0 Å². The quantitative estimate of drug-likeness (QED) is 0.498. The smallest absolute Gasteiger partial charge is 0.303 e. The Morgan fingerprint density at radius 2 is 1.83 bits per heavy atom. The van der Waals surface area contributed by atoms with Crippen molar-refractivity contribution in [2.45, 2.75) is 58.0 Å². The van der Waals surface area contributed by atoms with E-state index in [-0.39, 0.29) is 0 Å². The Balaban J connectivity index is 1.42. The summed E-state index contributed by atoms with van der Waals surface area (Å²) in [5.74, 6) is -0.685. The molecule has 5 nitrogen and oxygen atoms in total. The molecule has 0 saturated heterocycles. The average molecular weight is 406 g/mol. The van der Waals surface area contributed by atoms with Crippen LogP contribution in [0, 0.1) is 0 Å². The SMILES string of the molecule is O=C(O)CCCCCCN1CCc2c(n(CCc3ccccc3)c3ncccc23)C1. The highest BCUT2D eigenvalue weighted by molar-refractivity contribution is 5.82. The molecule has 0 fully saturated rings. The molecule has 1 N–H and O–H groups in total. The van der Waals surface area contributed by atoms with Gasteiger partial charge in [0.2, 0.25) is 0 Å². The van der Waals surface area contributed by atoms with E-state index in [0.29, 0.717) is 6.42 Å². The van der Waals surface area contributed by atoms with Gasteiger partial charge in [-0.1, -0.05) is 43.2 Å². The molecule has 1 aromatic carbocycles. The Morgan fingerprint density at radius 1 is 1.00 bits per heavy atom. The second kappa shape index (κ2) is 9.90. The van der Waals surface area contributed by atoms with Crippen molar-refractivity contribution in [3.8, 4) is 0 Å². The van der Waals surface area contributed by atoms with Crippen LogP contribution >= 0.6 is 0 Å². The fourth-order valence-corrected chi connectivity index (χ4v) is 4.60. The third-order valence-corrected chi connectivity index (χ3v) is 6.17. The zero-order valence-corrected chi connectivity index (χ0v) is 17.6. The standard InChI is InChI=1S/C25H31N3O2/c29-24(30)12-6-1-2-7-16-27-17-14-21-22-11-8-15-26-25(22)28(23(21)19-27)18-13-20-9-4-3-5-10-20/h3-5,8-11,15H,1-2,6-7,12-14,16-19H2,(H,29,30). The lowest BCUT2D eigenvalue weighted by Crippen LogP contribution is -2.32. The van der Waals surface area contributed by atoms with E-state index in [1.165, 1.54) is 22.2 Å². The van der Waals surface area contributed by atoms with Crippen LogP contribution in [-0.4, -0.2) is 38.6 Å². The lowest BCUT2D eigenvalue weighted by atomic mass is 10.0. The summed E-state index contributed by atoms with van der Waals surface area (Å²) in [6.07, 6.45) is 8.33. The van der Waals surface area contributed by atoms with Gasteiger partial charge >= 0.3 is 5.97 Å². The van der Waals surface area contributed by atoms with Crippen molar-refractivity contribution < 1.29 is 9.90 Å². The second-order valence-corrected chi connectivity index (χ2v) is 8.27. The number of carboxylic acids is 1. The summed E-state index contributed by atoms with van der Waals surface area (Å²) in [5, 5.41) is 10.1. The van der Waals surface area contributed by atoms with E-state index in [2.05, 4.69) is 45.9 Å². The minimum Gasteiger partial charge on any atom is -0.481 e. The number of unbranched alkanes of at least 4 members (excludes halogenated alkanes) is 3. The van der Waals surface area contributed by atoms with Crippen molar-refractivity contribution in [2.75, 3.05) is 13.1 Å². The van der Waals surface area contributed by atoms with E-state index in [1.807, 2.05) is 12.3 Å². The molecule has 3 heterocycles. The Hall–Kier alpha value is -2.66. The molecule has 2 aromatic heterocycles. The molecule has 0 spiro atoms. The van der Waals surface area contributed by atoms with Gasteiger partial charge in [0.05, 0.1) is 0 Å². The van der Waals surface area contributed by atoms with Gasteiger partial charge in [-0.15, -0.1) is 0 Å². The summed E-state index contributed by atoms with van der Waals surface area (Å²) in [6, 6.07) is 14.9. The lowest BCUT2D eigenvalue weighted by molar-refractivity contribution is -0.137. The highest BCUT2D eigenvalue weighted by atomic mass is 16.4. The molecule has 1 aliphatic rings. The summed E-state index contributed by atoms with van der Waals surface area (Å²) in [7, 11) is 0. The van der Waals surface area contributed by atoms with Crippen LogP contribution in [0.2, 0.25) is 0 Å². The van der Waals surface area contributed by atoms with E-state index in [4.69, 9.17) is 10.1 Å². The number of aryl methyl sites for hydroxylation is 2. The Kier molecular flexibility index (Phi) is 6.80. The first-order chi connectivity index (χ1) is 14.7. The third kappa shape index (κ3) is 4.90. The minimum absolute atomic E-state index is 0.293. The van der Waals surface area contributed by atoms with E-state index < -0.39 is 5.97 Å². The van der Waals surface area contributed by atoms with Crippen molar-refractivity contribution >= 4 is 17.0 Å². The van der Waals surface area contributed by atoms with Crippen LogP contribution in [0.3, 0.4) is 0 Å². The van der Waals surface area contributed by atoms with E-state index in [9.17, 15) is 4.79 Å². The molecule has 0 amide bonds. The minimum atomic E-state index is -0.685. The molecule has 5 heteroatoms. The first-order valence-electron chi connectivity index (χ1n) is 11.2. The van der Waals surface area contributed by atoms with Crippen molar-refractivity contribution in [1.82, 2.24) is 14.5 Å². The second-order valence-electron chi connectivity index (χ2n) is 8.27. The summed E-state index contributed by atoms with van der Waals surface area (Å²) >= 11 is 0. The number of hydrogen-bond donors (Lipinski definition) is 1. The monoisotopic (exact) mass is 405 g/mol. The highest BCUT2D eigenvalue weighted by Gasteiger charge is 2.24. The number of nitrogens with zero attached hydrogens (tertiary/aromatic N) is 3. The number of carboxylic acid groups (broad SMARTS) is 1. The van der Waals surface area contributed by atoms with Crippen molar-refractivity contribution in [2.24, 2.45) is 0 Å². The number of pyridine rings is 1. The van der Waals surface area contributed by atoms with Crippen molar-refractivity contribution in [3.05, 3.63) is 65.5 Å². The molecule has 0 atom stereocenters. The Morgan fingerprint density at radius 3 is 2.67 bits per heavy atom. The third-order valence-electron chi connectivity index (χ3n) is 6.17. The Bertz CT molecular complexity index is 981. The predicted octanol–water partition coefficient (Wildman–Crippen LogP) is 4.67. The Labute approximate surface area is 178 Å². The van der Waals surface area contributed by atoms with Gasteiger partial charge in [-0.05, 0) is 55.5 Å². The molecular weight excluding hydrogens is 374 g/mol. The van der Waals surface area contributed by atoms with E-state index >= 15 is 0 Å². The largest absolute Gasteiger partial charge is 0.481 e. The highest BCUT2D eigenvalue weighted by Crippen LogP contribution is 2.30. The maximum Gasteiger partial charge on any atom is 0.303 e. The topological polar surface area (TPSA) is 58.4 Å². The van der Waals surface area contributed by atoms with Gasteiger partial charge in [-0.25, -0.2) is 4.98 Å². The first kappa shape index (κ1) is 20.6. The predicted molar refractivity (Wildman–Crippen MR) is 120 cm³/mol. The van der Waals surface area contributed by atoms with Crippen LogP contribution in [0.1, 0.15) is 48.9 Å². The maximum absolute atomic E-state index is 10.6. The van der Waals surface area contributed by atoms with Crippen LogP contribution < -0.4 is 0 Å². The molecule has 30 heavy (non-hydrogen) atoms. The van der Waals surface area contributed by atoms with Crippen LogP contribution in [-0.2, 0) is 30.7 Å². The lowest BCUT2D eigenvalue weighted by Gasteiger charge is -2.28. The molecule has 0 unspecified atom stereocenters. The van der Waals surface area contributed by atoms with Gasteiger partial charge in [-0.3, -0.25) is 9.69 Å². The first-order valence-corrected chi connectivity index (χ1v) is 11.2. The number of fused-ring (bicyclic) bond motifs is 3. The molecule has 0 saturated carbocycles. The number of aromatic nitrogens is 2. The normalized spacial score (nSPS) is 14.1. The number of aliphatic carboxylic acids is 1. The van der Waals surface area contributed by atoms with Crippen LogP contribution in [0.5, 0.6) is 0 Å². The number of carbonyl (C=O) groups is 1. The van der Waals surface area contributed by atoms with E-state index in [1.54, 1.807) is 0 Å². The van der Waals surface area contributed by atoms with Crippen LogP contribution in [0.4, 0.5) is 0 Å². The van der Waals surface area contributed by atoms with Gasteiger partial charge < -0.3 is 9.67 Å². The van der Waals surface area contributed by atoms with Gasteiger partial charge in [0.25, 0.3) is 0 Å². The fraction of sp³-hybridized carbons (Fsp3) is 0.440. The van der Waals surface area contributed by atoms with Gasteiger partial charge in [0.1, 0.15) is 5.65 Å². The van der Waals surface area contributed by atoms with Crippen LogP contribution in [0.15, 0.2) is 48.7 Å². The molecule has 3 aromatic rings. The molecule has 1 aliphatic heterocycles. The molecule has 0 radical (unpaired) electrons. The van der Waals surface area contributed by atoms with Crippen molar-refractivity contribution in [3.63, 3.8) is 0 Å². The maximum atomic E-state index is 10.6. The average Bonchev–Trinajstić information content (AvgIpc) is 3.08. The van der Waals surface area contributed by atoms with Gasteiger partial charge in [0, 0.05) is 43.3 Å². The number of benzene rings is 1.